The smallest absolute Gasteiger partial charge is 0.337 e. The first-order chi connectivity index (χ1) is 21.1. The molecule has 1 unspecified atom stereocenters. The summed E-state index contributed by atoms with van der Waals surface area (Å²) in [6, 6.07) is 6.08. The van der Waals surface area contributed by atoms with E-state index in [1.54, 1.807) is 6.92 Å². The lowest BCUT2D eigenvalue weighted by atomic mass is 9.77. The Hall–Kier alpha value is -2.76. The van der Waals surface area contributed by atoms with Crippen LogP contribution in [0, 0.1) is 0 Å². The molecule has 0 radical (unpaired) electrons. The van der Waals surface area contributed by atoms with E-state index in [4.69, 9.17) is 14.2 Å². The van der Waals surface area contributed by atoms with Crippen LogP contribution in [0.2, 0.25) is 0 Å². The van der Waals surface area contributed by atoms with Gasteiger partial charge in [0, 0.05) is 17.0 Å². The summed E-state index contributed by atoms with van der Waals surface area (Å²) in [4.78, 5) is 27.1. The molecule has 0 amide bonds. The molecule has 0 aromatic heterocycles. The number of carbonyl (C=O) groups is 2. The minimum absolute atomic E-state index is 0.0747. The molecule has 1 aromatic rings. The average Bonchev–Trinajstić information content (AvgIpc) is 2.94. The number of esters is 2. The van der Waals surface area contributed by atoms with Gasteiger partial charge in [0.15, 0.2) is 0 Å². The van der Waals surface area contributed by atoms with Gasteiger partial charge in [0.2, 0.25) is 0 Å². The fraction of sp³-hybridized carbons (Fsp3) is 0.684. The molecule has 0 bridgehead atoms. The zero-order valence-electron chi connectivity index (χ0n) is 29.1. The normalized spacial score (nSPS) is 15.2. The van der Waals surface area contributed by atoms with Gasteiger partial charge in [-0.2, -0.15) is 0 Å². The summed E-state index contributed by atoms with van der Waals surface area (Å²) < 4.78 is 17.6. The molecule has 1 aliphatic rings. The van der Waals surface area contributed by atoms with Crippen molar-refractivity contribution in [1.82, 2.24) is 5.32 Å². The van der Waals surface area contributed by atoms with Gasteiger partial charge in [-0.1, -0.05) is 96.1 Å². The van der Waals surface area contributed by atoms with E-state index >= 15 is 0 Å². The maximum Gasteiger partial charge on any atom is 0.337 e. The summed E-state index contributed by atoms with van der Waals surface area (Å²) >= 11 is 0. The molecule has 6 heteroatoms. The molecule has 1 aliphatic heterocycles. The van der Waals surface area contributed by atoms with Crippen LogP contribution >= 0.6 is 0 Å². The third kappa shape index (κ3) is 12.0. The number of hydrogen-bond acceptors (Lipinski definition) is 6. The number of ether oxygens (including phenoxy) is 3. The van der Waals surface area contributed by atoms with Gasteiger partial charge in [-0.25, -0.2) is 9.59 Å². The van der Waals surface area contributed by atoms with Crippen LogP contribution in [0.1, 0.15) is 156 Å². The predicted molar refractivity (Wildman–Crippen MR) is 181 cm³/mol. The van der Waals surface area contributed by atoms with Gasteiger partial charge in [0.1, 0.15) is 5.75 Å². The molecule has 0 saturated carbocycles. The molecule has 6 nitrogen and oxygen atoms in total. The van der Waals surface area contributed by atoms with Crippen LogP contribution in [-0.2, 0) is 25.5 Å². The molecular weight excluding hydrogens is 550 g/mol. The first-order valence-electron chi connectivity index (χ1n) is 17.5. The number of hydrogen-bond donors (Lipinski definition) is 1. The van der Waals surface area contributed by atoms with Crippen molar-refractivity contribution in [2.45, 2.75) is 163 Å². The van der Waals surface area contributed by atoms with E-state index in [1.165, 1.54) is 70.6 Å². The lowest BCUT2D eigenvalue weighted by molar-refractivity contribution is -0.143. The Balaban J connectivity index is 2.25. The molecule has 248 valence electrons. The minimum Gasteiger partial charge on any atom is -0.491 e. The number of aryl methyl sites for hydroxylation is 1. The van der Waals surface area contributed by atoms with E-state index in [2.05, 4.69) is 18.3 Å². The summed E-state index contributed by atoms with van der Waals surface area (Å²) in [5.41, 5.74) is 4.17. The molecule has 44 heavy (non-hydrogen) atoms. The number of rotatable bonds is 21. The summed E-state index contributed by atoms with van der Waals surface area (Å²) in [7, 11) is 0. The second-order valence-corrected chi connectivity index (χ2v) is 12.8. The minimum atomic E-state index is -0.659. The molecule has 0 spiro atoms. The topological polar surface area (TPSA) is 73.9 Å². The molecule has 1 aromatic carbocycles. The summed E-state index contributed by atoms with van der Waals surface area (Å²) in [5, 5.41) is 3.26. The Morgan fingerprint density at radius 2 is 1.25 bits per heavy atom. The van der Waals surface area contributed by atoms with Crippen molar-refractivity contribution >= 4 is 11.9 Å². The van der Waals surface area contributed by atoms with E-state index in [0.29, 0.717) is 28.3 Å². The van der Waals surface area contributed by atoms with Gasteiger partial charge in [-0.15, -0.1) is 0 Å². The van der Waals surface area contributed by atoms with E-state index in [9.17, 15) is 9.59 Å². The van der Waals surface area contributed by atoms with E-state index in [1.807, 2.05) is 53.7 Å². The molecule has 0 fully saturated rings. The summed E-state index contributed by atoms with van der Waals surface area (Å²) in [6.45, 7) is 15.7. The Morgan fingerprint density at radius 3 is 1.75 bits per heavy atom. The highest BCUT2D eigenvalue weighted by Crippen LogP contribution is 2.45. The highest BCUT2D eigenvalue weighted by molar-refractivity contribution is 6.00. The van der Waals surface area contributed by atoms with Crippen molar-refractivity contribution in [2.75, 3.05) is 6.61 Å². The maximum atomic E-state index is 13.6. The lowest BCUT2D eigenvalue weighted by Crippen LogP contribution is -2.34. The molecule has 0 aliphatic carbocycles. The first-order valence-corrected chi connectivity index (χ1v) is 17.5. The van der Waals surface area contributed by atoms with Crippen LogP contribution in [0.3, 0.4) is 0 Å². The Labute approximate surface area is 268 Å². The van der Waals surface area contributed by atoms with Crippen molar-refractivity contribution in [2.24, 2.45) is 0 Å². The van der Waals surface area contributed by atoms with Gasteiger partial charge in [-0.3, -0.25) is 0 Å². The van der Waals surface area contributed by atoms with Gasteiger partial charge in [0.05, 0.1) is 35.9 Å². The van der Waals surface area contributed by atoms with Crippen molar-refractivity contribution in [1.29, 1.82) is 0 Å². The van der Waals surface area contributed by atoms with E-state index in [0.717, 1.165) is 30.4 Å². The predicted octanol–water partition coefficient (Wildman–Crippen LogP) is 9.86. The van der Waals surface area contributed by atoms with Gasteiger partial charge in [-0.05, 0) is 72.9 Å². The first kappa shape index (κ1) is 37.4. The third-order valence-electron chi connectivity index (χ3n) is 8.18. The SMILES string of the molecule is CCCCCCCCCCCCCCCc1cccc(OC(C)C)c1C1C(C(=O)OCC)=C(C)NC(C)=C1C(=O)OC(C)C. The molecule has 1 atom stereocenters. The average molecular weight is 612 g/mol. The Bertz CT molecular complexity index is 1100. The van der Waals surface area contributed by atoms with Crippen molar-refractivity contribution in [3.63, 3.8) is 0 Å². The molecule has 0 saturated heterocycles. The summed E-state index contributed by atoms with van der Waals surface area (Å²) in [5.74, 6) is -0.837. The highest BCUT2D eigenvalue weighted by Gasteiger charge is 2.40. The fourth-order valence-electron chi connectivity index (χ4n) is 6.14. The molecule has 1 heterocycles. The second-order valence-electron chi connectivity index (χ2n) is 12.8. The van der Waals surface area contributed by atoms with Crippen molar-refractivity contribution in [3.8, 4) is 5.75 Å². The van der Waals surface area contributed by atoms with Crippen LogP contribution in [0.25, 0.3) is 0 Å². The number of benzene rings is 1. The maximum absolute atomic E-state index is 13.6. The van der Waals surface area contributed by atoms with Crippen LogP contribution in [-0.4, -0.2) is 30.8 Å². The quantitative estimate of drug-likeness (QED) is 0.110. The van der Waals surface area contributed by atoms with Crippen molar-refractivity contribution in [3.05, 3.63) is 51.9 Å². The second kappa shape index (κ2) is 20.3. The fourth-order valence-corrected chi connectivity index (χ4v) is 6.14. The number of carbonyl (C=O) groups excluding carboxylic acids is 2. The zero-order chi connectivity index (χ0) is 32.5. The largest absolute Gasteiger partial charge is 0.491 e. The Kier molecular flexibility index (Phi) is 17.3. The molecular formula is C38H61NO5. The van der Waals surface area contributed by atoms with Gasteiger partial charge < -0.3 is 19.5 Å². The summed E-state index contributed by atoms with van der Waals surface area (Å²) in [6.07, 6.45) is 17.4. The monoisotopic (exact) mass is 611 g/mol. The highest BCUT2D eigenvalue weighted by atomic mass is 16.5. The number of nitrogens with one attached hydrogen (secondary N) is 1. The number of unbranched alkanes of at least 4 members (excludes halogenated alkanes) is 12. The molecule has 1 N–H and O–H groups in total. The standard InChI is InChI=1S/C38H61NO5/c1-9-11-12-13-14-15-16-17-18-19-20-21-22-24-31-25-23-26-32(43-27(3)4)35(31)36-33(37(40)42-10-2)29(7)39-30(8)34(36)38(41)44-28(5)6/h23,25-28,36,39H,9-22,24H2,1-8H3. The van der Waals surface area contributed by atoms with Crippen LogP contribution in [0.5, 0.6) is 5.75 Å². The van der Waals surface area contributed by atoms with Crippen LogP contribution in [0.15, 0.2) is 40.7 Å². The van der Waals surface area contributed by atoms with Crippen LogP contribution in [0.4, 0.5) is 0 Å². The van der Waals surface area contributed by atoms with E-state index in [-0.39, 0.29) is 18.8 Å². The van der Waals surface area contributed by atoms with E-state index < -0.39 is 17.9 Å². The van der Waals surface area contributed by atoms with Crippen LogP contribution < -0.4 is 10.1 Å². The van der Waals surface area contributed by atoms with Gasteiger partial charge in [0.25, 0.3) is 0 Å². The third-order valence-corrected chi connectivity index (χ3v) is 8.18. The zero-order valence-corrected chi connectivity index (χ0v) is 29.1. The lowest BCUT2D eigenvalue weighted by Gasteiger charge is -2.33. The Morgan fingerprint density at radius 1 is 0.727 bits per heavy atom. The number of dihydropyridines is 1. The van der Waals surface area contributed by atoms with Crippen molar-refractivity contribution < 1.29 is 23.8 Å². The molecule has 2 rings (SSSR count). The number of allylic oxidation sites excluding steroid dienone is 2. The van der Waals surface area contributed by atoms with Gasteiger partial charge >= 0.3 is 11.9 Å².